The van der Waals surface area contributed by atoms with E-state index in [0.717, 1.165) is 18.5 Å². The number of nitro benzene ring substituents is 1. The molecule has 0 amide bonds. The van der Waals surface area contributed by atoms with Crippen molar-refractivity contribution < 1.29 is 4.92 Å². The molecule has 1 N–H and O–H groups in total. The van der Waals surface area contributed by atoms with Gasteiger partial charge in [0.05, 0.1) is 4.92 Å². The van der Waals surface area contributed by atoms with Gasteiger partial charge in [0.15, 0.2) is 0 Å². The summed E-state index contributed by atoms with van der Waals surface area (Å²) in [5.74, 6) is 0. The maximum absolute atomic E-state index is 10.4. The molecule has 74 valence electrons. The van der Waals surface area contributed by atoms with Crippen LogP contribution < -0.4 is 5.32 Å². The molecule has 0 saturated carbocycles. The van der Waals surface area contributed by atoms with Gasteiger partial charge in [-0.3, -0.25) is 10.1 Å². The van der Waals surface area contributed by atoms with Crippen LogP contribution in [0.2, 0.25) is 0 Å². The lowest BCUT2D eigenvalue weighted by atomic mass is 9.98. The Morgan fingerprint density at radius 2 is 2.07 bits per heavy atom. The Labute approximate surface area is 82.1 Å². The molecule has 1 atom stereocenters. The summed E-state index contributed by atoms with van der Waals surface area (Å²) in [6, 6.07) is 7.36. The summed E-state index contributed by atoms with van der Waals surface area (Å²) < 4.78 is 0. The second-order valence-electron chi connectivity index (χ2n) is 3.57. The minimum absolute atomic E-state index is 0.162. The highest BCUT2D eigenvalue weighted by Crippen LogP contribution is 2.15. The van der Waals surface area contributed by atoms with Gasteiger partial charge in [-0.05, 0) is 24.9 Å². The molecule has 1 saturated heterocycles. The van der Waals surface area contributed by atoms with E-state index in [0.29, 0.717) is 6.04 Å². The van der Waals surface area contributed by atoms with Crippen LogP contribution in [0.4, 0.5) is 5.69 Å². The SMILES string of the molecule is O=[N+]([O-])c1ccc(CC2CCN2)cc1. The van der Waals surface area contributed by atoms with Crippen molar-refractivity contribution in [1.82, 2.24) is 5.32 Å². The summed E-state index contributed by atoms with van der Waals surface area (Å²) in [7, 11) is 0. The zero-order valence-electron chi connectivity index (χ0n) is 7.77. The van der Waals surface area contributed by atoms with Crippen LogP contribution in [0, 0.1) is 10.1 Å². The van der Waals surface area contributed by atoms with E-state index < -0.39 is 0 Å². The number of hydrogen-bond donors (Lipinski definition) is 1. The van der Waals surface area contributed by atoms with Crippen LogP contribution in [0.5, 0.6) is 0 Å². The lowest BCUT2D eigenvalue weighted by molar-refractivity contribution is -0.384. The lowest BCUT2D eigenvalue weighted by Crippen LogP contribution is -2.44. The van der Waals surface area contributed by atoms with Crippen molar-refractivity contribution in [2.75, 3.05) is 6.54 Å². The van der Waals surface area contributed by atoms with Gasteiger partial charge < -0.3 is 5.32 Å². The largest absolute Gasteiger partial charge is 0.314 e. The first-order valence-electron chi connectivity index (χ1n) is 4.72. The van der Waals surface area contributed by atoms with Gasteiger partial charge in [0, 0.05) is 18.2 Å². The summed E-state index contributed by atoms with van der Waals surface area (Å²) in [4.78, 5) is 10.0. The summed E-state index contributed by atoms with van der Waals surface area (Å²) >= 11 is 0. The normalized spacial score (nSPS) is 20.1. The third kappa shape index (κ3) is 1.90. The Morgan fingerprint density at radius 3 is 2.50 bits per heavy atom. The highest BCUT2D eigenvalue weighted by molar-refractivity contribution is 5.33. The molecule has 1 fully saturated rings. The fourth-order valence-electron chi connectivity index (χ4n) is 1.56. The summed E-state index contributed by atoms with van der Waals surface area (Å²) in [6.45, 7) is 1.09. The number of non-ortho nitro benzene ring substituents is 1. The number of benzene rings is 1. The van der Waals surface area contributed by atoms with Crippen molar-refractivity contribution in [1.29, 1.82) is 0 Å². The first kappa shape index (κ1) is 9.15. The molecule has 2 rings (SSSR count). The van der Waals surface area contributed by atoms with Gasteiger partial charge in [-0.15, -0.1) is 0 Å². The van der Waals surface area contributed by atoms with Crippen molar-refractivity contribution in [2.24, 2.45) is 0 Å². The standard InChI is InChI=1S/C10H12N2O2/c13-12(14)10-3-1-8(2-4-10)7-9-5-6-11-9/h1-4,9,11H,5-7H2. The molecule has 1 heterocycles. The van der Waals surface area contributed by atoms with Crippen molar-refractivity contribution in [3.05, 3.63) is 39.9 Å². The number of nitro groups is 1. The van der Waals surface area contributed by atoms with Crippen molar-refractivity contribution in [3.8, 4) is 0 Å². The van der Waals surface area contributed by atoms with E-state index in [4.69, 9.17) is 0 Å². The van der Waals surface area contributed by atoms with Crippen molar-refractivity contribution in [3.63, 3.8) is 0 Å². The van der Waals surface area contributed by atoms with E-state index in [-0.39, 0.29) is 10.6 Å². The van der Waals surface area contributed by atoms with Crippen LogP contribution in [-0.4, -0.2) is 17.5 Å². The average Bonchev–Trinajstić information content (AvgIpc) is 2.12. The third-order valence-electron chi connectivity index (χ3n) is 2.56. The summed E-state index contributed by atoms with van der Waals surface area (Å²) in [6.07, 6.45) is 2.18. The fraction of sp³-hybridized carbons (Fsp3) is 0.400. The van der Waals surface area contributed by atoms with E-state index in [2.05, 4.69) is 5.32 Å². The van der Waals surface area contributed by atoms with Gasteiger partial charge >= 0.3 is 0 Å². The Kier molecular flexibility index (Phi) is 2.45. The molecule has 4 nitrogen and oxygen atoms in total. The second kappa shape index (κ2) is 3.75. The summed E-state index contributed by atoms with van der Waals surface area (Å²) in [5.41, 5.74) is 1.32. The van der Waals surface area contributed by atoms with E-state index in [1.165, 1.54) is 6.42 Å². The molecular formula is C10H12N2O2. The molecule has 0 aliphatic carbocycles. The molecule has 1 aliphatic rings. The smallest absolute Gasteiger partial charge is 0.269 e. The fourth-order valence-corrected chi connectivity index (χ4v) is 1.56. The second-order valence-corrected chi connectivity index (χ2v) is 3.57. The zero-order chi connectivity index (χ0) is 9.97. The Hall–Kier alpha value is -1.42. The third-order valence-corrected chi connectivity index (χ3v) is 2.56. The minimum Gasteiger partial charge on any atom is -0.314 e. The van der Waals surface area contributed by atoms with Crippen molar-refractivity contribution in [2.45, 2.75) is 18.9 Å². The van der Waals surface area contributed by atoms with E-state index >= 15 is 0 Å². The molecule has 1 aliphatic heterocycles. The average molecular weight is 192 g/mol. The van der Waals surface area contributed by atoms with Gasteiger partial charge in [-0.1, -0.05) is 12.1 Å². The first-order chi connectivity index (χ1) is 6.75. The quantitative estimate of drug-likeness (QED) is 0.583. The molecule has 0 aromatic heterocycles. The highest BCUT2D eigenvalue weighted by Gasteiger charge is 2.16. The van der Waals surface area contributed by atoms with Gasteiger partial charge in [0.1, 0.15) is 0 Å². The molecule has 1 unspecified atom stereocenters. The minimum atomic E-state index is -0.370. The maximum atomic E-state index is 10.4. The Balaban J connectivity index is 2.01. The number of nitrogens with one attached hydrogen (secondary N) is 1. The van der Waals surface area contributed by atoms with Crippen LogP contribution >= 0.6 is 0 Å². The topological polar surface area (TPSA) is 55.2 Å². The predicted octanol–water partition coefficient (Wildman–Crippen LogP) is 1.50. The van der Waals surface area contributed by atoms with Gasteiger partial charge in [0.25, 0.3) is 5.69 Å². The van der Waals surface area contributed by atoms with Crippen LogP contribution in [0.25, 0.3) is 0 Å². The van der Waals surface area contributed by atoms with Crippen LogP contribution in [-0.2, 0) is 6.42 Å². The number of rotatable bonds is 3. The Bertz CT molecular complexity index is 330. The monoisotopic (exact) mass is 192 g/mol. The molecule has 0 spiro atoms. The molecule has 0 radical (unpaired) electrons. The van der Waals surface area contributed by atoms with Crippen LogP contribution in [0.3, 0.4) is 0 Å². The van der Waals surface area contributed by atoms with E-state index in [1.54, 1.807) is 12.1 Å². The van der Waals surface area contributed by atoms with Crippen LogP contribution in [0.15, 0.2) is 24.3 Å². The number of hydrogen-bond acceptors (Lipinski definition) is 3. The molecule has 1 aromatic rings. The van der Waals surface area contributed by atoms with Crippen molar-refractivity contribution >= 4 is 5.69 Å². The lowest BCUT2D eigenvalue weighted by Gasteiger charge is -2.27. The van der Waals surface area contributed by atoms with E-state index in [1.807, 2.05) is 12.1 Å². The first-order valence-corrected chi connectivity index (χ1v) is 4.72. The van der Waals surface area contributed by atoms with Gasteiger partial charge in [-0.25, -0.2) is 0 Å². The van der Waals surface area contributed by atoms with Gasteiger partial charge in [-0.2, -0.15) is 0 Å². The van der Waals surface area contributed by atoms with E-state index in [9.17, 15) is 10.1 Å². The highest BCUT2D eigenvalue weighted by atomic mass is 16.6. The molecule has 0 bridgehead atoms. The summed E-state index contributed by atoms with van der Waals surface area (Å²) in [5, 5.41) is 13.7. The Morgan fingerprint density at radius 1 is 1.43 bits per heavy atom. The zero-order valence-corrected chi connectivity index (χ0v) is 7.77. The number of nitrogens with zero attached hydrogens (tertiary/aromatic N) is 1. The molecule has 14 heavy (non-hydrogen) atoms. The molecule has 4 heteroatoms. The maximum Gasteiger partial charge on any atom is 0.269 e. The van der Waals surface area contributed by atoms with Gasteiger partial charge in [0.2, 0.25) is 0 Å². The predicted molar refractivity (Wildman–Crippen MR) is 53.2 cm³/mol. The van der Waals surface area contributed by atoms with Crippen LogP contribution in [0.1, 0.15) is 12.0 Å². The molecular weight excluding hydrogens is 180 g/mol. The molecule has 1 aromatic carbocycles.